The smallest absolute Gasteiger partial charge is 0.136 e. The molecule has 5 rings (SSSR count). The van der Waals surface area contributed by atoms with Crippen LogP contribution in [0.5, 0.6) is 0 Å². The average Bonchev–Trinajstić information content (AvgIpc) is 3.17. The number of Topliss-reactive ketones (excluding diaryl/α,β-unsaturated/α-hetero) is 1. The van der Waals surface area contributed by atoms with Crippen LogP contribution >= 0.6 is 15.9 Å². The van der Waals surface area contributed by atoms with Gasteiger partial charge in [0.05, 0.1) is 18.3 Å². The summed E-state index contributed by atoms with van der Waals surface area (Å²) in [5, 5.41) is 43.0. The summed E-state index contributed by atoms with van der Waals surface area (Å²) in [4.78, 5) is 13.4. The Morgan fingerprint density at radius 3 is 2.31 bits per heavy atom. The number of hydrogen-bond acceptors (Lipinski definition) is 5. The Kier molecular flexibility index (Phi) is 6.79. The molecule has 4 aliphatic rings. The molecule has 4 saturated carbocycles. The van der Waals surface area contributed by atoms with Gasteiger partial charge in [0.1, 0.15) is 11.9 Å². The molecule has 5 nitrogen and oxygen atoms in total. The lowest BCUT2D eigenvalue weighted by Gasteiger charge is -2.61. The normalized spacial score (nSPS) is 45.7. The van der Waals surface area contributed by atoms with Gasteiger partial charge in [0, 0.05) is 16.8 Å². The summed E-state index contributed by atoms with van der Waals surface area (Å²) in [6.07, 6.45) is 2.29. The third kappa shape index (κ3) is 4.06. The lowest BCUT2D eigenvalue weighted by atomic mass is 9.44. The van der Waals surface area contributed by atoms with Crippen molar-refractivity contribution >= 4 is 21.7 Å². The van der Waals surface area contributed by atoms with Crippen LogP contribution in [0.25, 0.3) is 0 Å². The van der Waals surface area contributed by atoms with Crippen LogP contribution in [0.3, 0.4) is 0 Å². The van der Waals surface area contributed by atoms with Crippen LogP contribution in [0, 0.1) is 46.3 Å². The van der Waals surface area contributed by atoms with E-state index in [0.717, 1.165) is 35.7 Å². The van der Waals surface area contributed by atoms with Crippen molar-refractivity contribution in [2.75, 3.05) is 0 Å². The lowest BCUT2D eigenvalue weighted by Crippen LogP contribution is -2.59. The predicted octanol–water partition coefficient (Wildman–Crippen LogP) is 4.65. The Morgan fingerprint density at radius 2 is 1.63 bits per heavy atom. The number of aliphatic hydroxyl groups is 4. The molecule has 0 heterocycles. The Bertz CT molecular complexity index is 951. The maximum absolute atomic E-state index is 13.4. The SMILES string of the molecule is C[C@H]([C@@H](O)[C@H](O)c1ccc(Br)cc1)[C@H]1CC[C@H]2[C@@H]3CC(=O)C4C[C@H](O)[C@H](O)C[C@]4(C)[C@H]3CC[C@]12C. The third-order valence-electron chi connectivity index (χ3n) is 11.3. The summed E-state index contributed by atoms with van der Waals surface area (Å²) in [5.41, 5.74) is 0.504. The molecule has 6 heteroatoms. The first-order valence-electron chi connectivity index (χ1n) is 13.5. The summed E-state index contributed by atoms with van der Waals surface area (Å²) in [6.45, 7) is 6.63. The van der Waals surface area contributed by atoms with Gasteiger partial charge in [-0.05, 0) is 96.6 Å². The Hall–Kier alpha value is -0.790. The van der Waals surface area contributed by atoms with E-state index in [-0.39, 0.29) is 34.4 Å². The van der Waals surface area contributed by atoms with Crippen LogP contribution in [0.2, 0.25) is 0 Å². The number of aliphatic hydroxyl groups excluding tert-OH is 4. The molecule has 0 bridgehead atoms. The van der Waals surface area contributed by atoms with Crippen molar-refractivity contribution < 1.29 is 25.2 Å². The zero-order chi connectivity index (χ0) is 25.3. The average molecular weight is 550 g/mol. The van der Waals surface area contributed by atoms with Crippen molar-refractivity contribution in [2.24, 2.45) is 46.3 Å². The van der Waals surface area contributed by atoms with E-state index in [1.54, 1.807) is 0 Å². The van der Waals surface area contributed by atoms with Crippen LogP contribution in [0.15, 0.2) is 28.7 Å². The Labute approximate surface area is 217 Å². The standard InChI is InChI=1S/C29H41BrO5/c1-15(26(34)27(35)16-4-6-17(30)7-5-16)19-8-9-20-18-12-23(31)22-13-24(32)25(33)14-29(22,3)21(18)10-11-28(19,20)2/h4-7,15,18-22,24-27,32-35H,8-14H2,1-3H3/t15-,18-,19+,20-,21-,22?,24-,25+,26+,27+,28+,29+/m0/s1. The fraction of sp³-hybridized carbons (Fsp3) is 0.759. The van der Waals surface area contributed by atoms with Gasteiger partial charge in [-0.3, -0.25) is 4.79 Å². The molecule has 0 radical (unpaired) electrons. The molecule has 1 aromatic carbocycles. The fourth-order valence-corrected chi connectivity index (χ4v) is 9.62. The molecule has 0 spiro atoms. The molecular formula is C29H41BrO5. The van der Waals surface area contributed by atoms with E-state index < -0.39 is 24.4 Å². The Morgan fingerprint density at radius 1 is 0.971 bits per heavy atom. The van der Waals surface area contributed by atoms with Crippen LogP contribution < -0.4 is 0 Å². The maximum Gasteiger partial charge on any atom is 0.136 e. The Balaban J connectivity index is 1.36. The minimum absolute atomic E-state index is 0.0251. The second-order valence-corrected chi connectivity index (χ2v) is 13.7. The van der Waals surface area contributed by atoms with Gasteiger partial charge >= 0.3 is 0 Å². The van der Waals surface area contributed by atoms with Gasteiger partial charge in [0.25, 0.3) is 0 Å². The number of fused-ring (bicyclic) bond motifs is 5. The molecule has 0 aliphatic heterocycles. The maximum atomic E-state index is 13.4. The van der Waals surface area contributed by atoms with Crippen LogP contribution in [0.4, 0.5) is 0 Å². The van der Waals surface area contributed by atoms with E-state index in [2.05, 4.69) is 36.7 Å². The van der Waals surface area contributed by atoms with Gasteiger partial charge in [0.15, 0.2) is 0 Å². The summed E-state index contributed by atoms with van der Waals surface area (Å²) < 4.78 is 0.942. The van der Waals surface area contributed by atoms with Crippen LogP contribution in [-0.4, -0.2) is 44.5 Å². The first-order chi connectivity index (χ1) is 16.5. The summed E-state index contributed by atoms with van der Waals surface area (Å²) in [5.74, 6) is 1.45. The summed E-state index contributed by atoms with van der Waals surface area (Å²) in [7, 11) is 0. The molecule has 0 saturated heterocycles. The van der Waals surface area contributed by atoms with Crippen molar-refractivity contribution in [3.8, 4) is 0 Å². The van der Waals surface area contributed by atoms with E-state index in [0.29, 0.717) is 37.0 Å². The lowest BCUT2D eigenvalue weighted by molar-refractivity contribution is -0.174. The number of carbonyl (C=O) groups is 1. The van der Waals surface area contributed by atoms with Crippen molar-refractivity contribution in [3.05, 3.63) is 34.3 Å². The molecule has 0 amide bonds. The third-order valence-corrected chi connectivity index (χ3v) is 11.8. The molecule has 0 aromatic heterocycles. The second-order valence-electron chi connectivity index (χ2n) is 12.8. The number of benzene rings is 1. The van der Waals surface area contributed by atoms with Gasteiger partial charge in [0.2, 0.25) is 0 Å². The predicted molar refractivity (Wildman–Crippen MR) is 137 cm³/mol. The molecule has 4 N–H and O–H groups in total. The van der Waals surface area contributed by atoms with Crippen molar-refractivity contribution in [3.63, 3.8) is 0 Å². The topological polar surface area (TPSA) is 98.0 Å². The van der Waals surface area contributed by atoms with E-state index in [1.165, 1.54) is 0 Å². The first kappa shape index (κ1) is 25.8. The highest BCUT2D eigenvalue weighted by Gasteiger charge is 2.63. The molecule has 1 aromatic rings. The number of rotatable bonds is 4. The van der Waals surface area contributed by atoms with E-state index in [1.807, 2.05) is 24.3 Å². The van der Waals surface area contributed by atoms with Crippen molar-refractivity contribution in [2.45, 2.75) is 90.1 Å². The zero-order valence-electron chi connectivity index (χ0n) is 21.1. The monoisotopic (exact) mass is 548 g/mol. The number of ketones is 1. The van der Waals surface area contributed by atoms with Crippen molar-refractivity contribution in [1.29, 1.82) is 0 Å². The largest absolute Gasteiger partial charge is 0.390 e. The molecule has 1 unspecified atom stereocenters. The fourth-order valence-electron chi connectivity index (χ4n) is 9.36. The molecule has 12 atom stereocenters. The molecular weight excluding hydrogens is 508 g/mol. The minimum Gasteiger partial charge on any atom is -0.390 e. The molecule has 4 fully saturated rings. The number of carbonyl (C=O) groups excluding carboxylic acids is 1. The van der Waals surface area contributed by atoms with E-state index in [4.69, 9.17) is 0 Å². The van der Waals surface area contributed by atoms with Crippen LogP contribution in [-0.2, 0) is 4.79 Å². The highest BCUT2D eigenvalue weighted by Crippen LogP contribution is 2.68. The summed E-state index contributed by atoms with van der Waals surface area (Å²) in [6, 6.07) is 7.49. The molecule has 194 valence electrons. The molecule has 4 aliphatic carbocycles. The quantitative estimate of drug-likeness (QED) is 0.439. The van der Waals surface area contributed by atoms with Gasteiger partial charge in [-0.2, -0.15) is 0 Å². The van der Waals surface area contributed by atoms with Gasteiger partial charge in [-0.25, -0.2) is 0 Å². The highest BCUT2D eigenvalue weighted by molar-refractivity contribution is 9.10. The van der Waals surface area contributed by atoms with Gasteiger partial charge in [-0.15, -0.1) is 0 Å². The van der Waals surface area contributed by atoms with Gasteiger partial charge in [-0.1, -0.05) is 48.8 Å². The van der Waals surface area contributed by atoms with Crippen molar-refractivity contribution in [1.82, 2.24) is 0 Å². The first-order valence-corrected chi connectivity index (χ1v) is 14.3. The van der Waals surface area contributed by atoms with E-state index in [9.17, 15) is 25.2 Å². The summed E-state index contributed by atoms with van der Waals surface area (Å²) >= 11 is 3.43. The van der Waals surface area contributed by atoms with E-state index >= 15 is 0 Å². The zero-order valence-corrected chi connectivity index (χ0v) is 22.7. The second kappa shape index (κ2) is 9.20. The number of hydrogen-bond donors (Lipinski definition) is 4. The highest BCUT2D eigenvalue weighted by atomic mass is 79.9. The number of halogens is 1. The van der Waals surface area contributed by atoms with Crippen LogP contribution in [0.1, 0.15) is 77.4 Å². The molecule has 35 heavy (non-hydrogen) atoms. The minimum atomic E-state index is -0.928. The van der Waals surface area contributed by atoms with Gasteiger partial charge < -0.3 is 20.4 Å².